The normalized spacial score (nSPS) is 11.3. The van der Waals surface area contributed by atoms with E-state index in [1.54, 1.807) is 20.2 Å². The van der Waals surface area contributed by atoms with E-state index in [4.69, 9.17) is 10.5 Å². The minimum Gasteiger partial charge on any atom is -0.496 e. The summed E-state index contributed by atoms with van der Waals surface area (Å²) in [6, 6.07) is 11.5. The standard InChI is InChI=1S/C19H21N5O2S2/c1-21-17(25)16-8-7-15(28-16)13-11-27-19(23-13)24-18(20)22-10-9-12-5-3-4-6-14(12)26-2/h3-8,11H,9-10H2,1-2H3,(H,21,25)(H3,20,22,23,24). The lowest BCUT2D eigenvalue weighted by molar-refractivity contribution is 0.0967. The van der Waals surface area contributed by atoms with Gasteiger partial charge in [0.25, 0.3) is 5.91 Å². The number of aromatic nitrogens is 1. The van der Waals surface area contributed by atoms with Gasteiger partial charge >= 0.3 is 0 Å². The van der Waals surface area contributed by atoms with Gasteiger partial charge in [-0.3, -0.25) is 9.79 Å². The van der Waals surface area contributed by atoms with Gasteiger partial charge < -0.3 is 21.1 Å². The van der Waals surface area contributed by atoms with Crippen molar-refractivity contribution in [3.05, 3.63) is 52.2 Å². The second-order valence-corrected chi connectivity index (χ2v) is 7.68. The quantitative estimate of drug-likeness (QED) is 0.406. The van der Waals surface area contributed by atoms with Crippen LogP contribution in [0.1, 0.15) is 15.2 Å². The molecule has 1 aromatic carbocycles. The van der Waals surface area contributed by atoms with Crippen LogP contribution in [0.4, 0.5) is 5.13 Å². The molecular formula is C19H21N5O2S2. The van der Waals surface area contributed by atoms with E-state index in [9.17, 15) is 4.79 Å². The molecule has 0 radical (unpaired) electrons. The second-order valence-electron chi connectivity index (χ2n) is 5.73. The molecule has 7 nitrogen and oxygen atoms in total. The fourth-order valence-electron chi connectivity index (χ4n) is 2.52. The molecule has 0 atom stereocenters. The molecule has 0 spiro atoms. The summed E-state index contributed by atoms with van der Waals surface area (Å²) in [5.74, 6) is 1.06. The van der Waals surface area contributed by atoms with Gasteiger partial charge in [-0.1, -0.05) is 18.2 Å². The average Bonchev–Trinajstić information content (AvgIpc) is 3.37. The van der Waals surface area contributed by atoms with Gasteiger partial charge in [-0.15, -0.1) is 22.7 Å². The molecule has 0 unspecified atom stereocenters. The first-order valence-corrected chi connectivity index (χ1v) is 10.3. The van der Waals surface area contributed by atoms with Gasteiger partial charge in [-0.05, 0) is 30.2 Å². The van der Waals surface area contributed by atoms with Crippen molar-refractivity contribution in [2.75, 3.05) is 26.0 Å². The van der Waals surface area contributed by atoms with Crippen molar-refractivity contribution in [3.63, 3.8) is 0 Å². The number of hydrogen-bond donors (Lipinski definition) is 3. The molecule has 0 fully saturated rings. The first-order valence-electron chi connectivity index (χ1n) is 8.57. The van der Waals surface area contributed by atoms with Crippen LogP contribution >= 0.6 is 22.7 Å². The summed E-state index contributed by atoms with van der Waals surface area (Å²) in [4.78, 5) is 22.1. The monoisotopic (exact) mass is 415 g/mol. The first-order chi connectivity index (χ1) is 13.6. The lowest BCUT2D eigenvalue weighted by Gasteiger charge is -2.06. The largest absolute Gasteiger partial charge is 0.496 e. The molecule has 0 aliphatic carbocycles. The zero-order valence-electron chi connectivity index (χ0n) is 15.6. The molecule has 3 aromatic rings. The van der Waals surface area contributed by atoms with Crippen molar-refractivity contribution >= 4 is 39.7 Å². The summed E-state index contributed by atoms with van der Waals surface area (Å²) in [5.41, 5.74) is 7.86. The summed E-state index contributed by atoms with van der Waals surface area (Å²) in [7, 11) is 3.27. The minimum absolute atomic E-state index is 0.101. The molecule has 9 heteroatoms. The van der Waals surface area contributed by atoms with Crippen molar-refractivity contribution in [2.24, 2.45) is 10.7 Å². The van der Waals surface area contributed by atoms with E-state index in [0.29, 0.717) is 22.5 Å². The molecular weight excluding hydrogens is 394 g/mol. The van der Waals surface area contributed by atoms with E-state index < -0.39 is 0 Å². The van der Waals surface area contributed by atoms with Gasteiger partial charge in [-0.25, -0.2) is 4.98 Å². The van der Waals surface area contributed by atoms with Crippen LogP contribution in [-0.2, 0) is 6.42 Å². The topological polar surface area (TPSA) is 102 Å². The maximum atomic E-state index is 11.7. The van der Waals surface area contributed by atoms with Crippen molar-refractivity contribution in [1.29, 1.82) is 0 Å². The molecule has 28 heavy (non-hydrogen) atoms. The predicted octanol–water partition coefficient (Wildman–Crippen LogP) is 3.21. The van der Waals surface area contributed by atoms with Gasteiger partial charge in [0.2, 0.25) is 0 Å². The number of rotatable bonds is 7. The van der Waals surface area contributed by atoms with Crippen LogP contribution < -0.4 is 21.1 Å². The van der Waals surface area contributed by atoms with Crippen LogP contribution in [0.2, 0.25) is 0 Å². The summed E-state index contributed by atoms with van der Waals surface area (Å²) in [6.45, 7) is 0.540. The van der Waals surface area contributed by atoms with E-state index in [0.717, 1.165) is 28.3 Å². The van der Waals surface area contributed by atoms with Crippen LogP contribution in [0.15, 0.2) is 46.8 Å². The average molecular weight is 416 g/mol. The van der Waals surface area contributed by atoms with Crippen LogP contribution in [0.5, 0.6) is 5.75 Å². The first kappa shape index (κ1) is 19.8. The Bertz CT molecular complexity index is 980. The third kappa shape index (κ3) is 4.87. The number of carbonyl (C=O) groups is 1. The van der Waals surface area contributed by atoms with Gasteiger partial charge in [-0.2, -0.15) is 0 Å². The highest BCUT2D eigenvalue weighted by Gasteiger charge is 2.11. The number of para-hydroxylation sites is 1. The van der Waals surface area contributed by atoms with Crippen molar-refractivity contribution in [3.8, 4) is 16.3 Å². The highest BCUT2D eigenvalue weighted by Crippen LogP contribution is 2.30. The number of guanidine groups is 1. The Morgan fingerprint density at radius 2 is 2.11 bits per heavy atom. The summed E-state index contributed by atoms with van der Waals surface area (Å²) < 4.78 is 5.34. The molecule has 4 N–H and O–H groups in total. The number of hydrogen-bond acceptors (Lipinski definition) is 6. The molecule has 0 aliphatic rings. The maximum Gasteiger partial charge on any atom is 0.261 e. The smallest absolute Gasteiger partial charge is 0.261 e. The number of anilines is 1. The second kappa shape index (κ2) is 9.34. The summed E-state index contributed by atoms with van der Waals surface area (Å²) >= 11 is 2.83. The Labute approximate surface area is 171 Å². The molecule has 2 heterocycles. The van der Waals surface area contributed by atoms with Crippen LogP contribution in [0, 0.1) is 0 Å². The van der Waals surface area contributed by atoms with E-state index in [-0.39, 0.29) is 5.91 Å². The van der Waals surface area contributed by atoms with Crippen molar-refractivity contribution < 1.29 is 9.53 Å². The fraction of sp³-hybridized carbons (Fsp3) is 0.211. The number of nitrogens with two attached hydrogens (primary N) is 1. The third-order valence-corrected chi connectivity index (χ3v) is 5.77. The number of carbonyl (C=O) groups excluding carboxylic acids is 1. The zero-order valence-corrected chi connectivity index (χ0v) is 17.2. The molecule has 0 saturated carbocycles. The number of nitrogens with zero attached hydrogens (tertiary/aromatic N) is 2. The fourth-order valence-corrected chi connectivity index (χ4v) is 4.23. The summed E-state index contributed by atoms with van der Waals surface area (Å²) in [6.07, 6.45) is 0.729. The van der Waals surface area contributed by atoms with Crippen molar-refractivity contribution in [1.82, 2.24) is 10.3 Å². The van der Waals surface area contributed by atoms with Gasteiger partial charge in [0.1, 0.15) is 5.75 Å². The SMILES string of the molecule is CNC(=O)c1ccc(-c2csc(NC(N)=NCCc3ccccc3OC)n2)s1. The maximum absolute atomic E-state index is 11.7. The van der Waals surface area contributed by atoms with E-state index in [2.05, 4.69) is 20.6 Å². The van der Waals surface area contributed by atoms with Gasteiger partial charge in [0.05, 0.1) is 22.6 Å². The Morgan fingerprint density at radius 3 is 2.89 bits per heavy atom. The Hall–Kier alpha value is -2.91. The molecule has 1 amide bonds. The Balaban J connectivity index is 1.59. The summed E-state index contributed by atoms with van der Waals surface area (Å²) in [5, 5.41) is 8.21. The van der Waals surface area contributed by atoms with E-state index >= 15 is 0 Å². The lowest BCUT2D eigenvalue weighted by atomic mass is 10.1. The van der Waals surface area contributed by atoms with Gasteiger partial charge in [0, 0.05) is 19.0 Å². The third-order valence-electron chi connectivity index (χ3n) is 3.90. The molecule has 0 aliphatic heterocycles. The predicted molar refractivity (Wildman–Crippen MR) is 116 cm³/mol. The molecule has 146 valence electrons. The highest BCUT2D eigenvalue weighted by atomic mass is 32.1. The number of ether oxygens (including phenoxy) is 1. The number of thiophene rings is 1. The number of aliphatic imine (C=N–C) groups is 1. The van der Waals surface area contributed by atoms with Crippen LogP contribution in [-0.4, -0.2) is 37.6 Å². The number of nitrogens with one attached hydrogen (secondary N) is 2. The molecule has 0 saturated heterocycles. The lowest BCUT2D eigenvalue weighted by Crippen LogP contribution is -2.23. The Kier molecular flexibility index (Phi) is 6.62. The number of methoxy groups -OCH3 is 1. The molecule has 0 bridgehead atoms. The van der Waals surface area contributed by atoms with E-state index in [1.807, 2.05) is 35.7 Å². The molecule has 2 aromatic heterocycles. The molecule has 3 rings (SSSR count). The number of amides is 1. The van der Waals surface area contributed by atoms with Gasteiger partial charge in [0.15, 0.2) is 11.1 Å². The highest BCUT2D eigenvalue weighted by molar-refractivity contribution is 7.18. The number of thiazole rings is 1. The van der Waals surface area contributed by atoms with Crippen LogP contribution in [0.3, 0.4) is 0 Å². The van der Waals surface area contributed by atoms with Crippen molar-refractivity contribution in [2.45, 2.75) is 6.42 Å². The van der Waals surface area contributed by atoms with Crippen LogP contribution in [0.25, 0.3) is 10.6 Å². The van der Waals surface area contributed by atoms with E-state index in [1.165, 1.54) is 22.7 Å². The minimum atomic E-state index is -0.101. The Morgan fingerprint density at radius 1 is 1.29 bits per heavy atom. The number of benzene rings is 1. The zero-order chi connectivity index (χ0) is 19.9.